The second kappa shape index (κ2) is 5.30. The van der Waals surface area contributed by atoms with Gasteiger partial charge in [0.2, 0.25) is 5.88 Å². The molecule has 3 heterocycles. The topological polar surface area (TPSA) is 72.3 Å². The molecule has 1 N–H and O–H groups in total. The number of carbonyl (C=O) groups excluding carboxylic acids is 1. The van der Waals surface area contributed by atoms with Gasteiger partial charge in [0.1, 0.15) is 12.4 Å². The number of hydrogen-bond acceptors (Lipinski definition) is 5. The van der Waals surface area contributed by atoms with E-state index in [2.05, 4.69) is 9.97 Å². The minimum absolute atomic E-state index is 0.370. The van der Waals surface area contributed by atoms with Gasteiger partial charge in [-0.1, -0.05) is 24.3 Å². The number of pyridine rings is 2. The number of carbonyl (C=O) groups is 1. The summed E-state index contributed by atoms with van der Waals surface area (Å²) in [5, 5.41) is 10.5. The monoisotopic (exact) mass is 304 g/mol. The quantitative estimate of drug-likeness (QED) is 0.736. The number of aliphatic hydroxyl groups excluding tert-OH is 1. The Morgan fingerprint density at radius 3 is 2.65 bits per heavy atom. The van der Waals surface area contributed by atoms with Gasteiger partial charge in [0.05, 0.1) is 11.9 Å². The Hall–Kier alpha value is -3.05. The number of aliphatic hydroxyl groups is 1. The number of hydrogen-bond donors (Lipinski definition) is 1. The van der Waals surface area contributed by atoms with Crippen molar-refractivity contribution in [3.05, 3.63) is 71.5 Å². The fourth-order valence-electron chi connectivity index (χ4n) is 2.61. The molecule has 0 aliphatic carbocycles. The van der Waals surface area contributed by atoms with Crippen molar-refractivity contribution in [3.63, 3.8) is 0 Å². The lowest BCUT2D eigenvalue weighted by Crippen LogP contribution is -2.11. The Morgan fingerprint density at radius 1 is 1.04 bits per heavy atom. The molecule has 5 heteroatoms. The molecule has 0 saturated heterocycles. The van der Waals surface area contributed by atoms with Gasteiger partial charge in [-0.15, -0.1) is 0 Å². The Balaban J connectivity index is 1.76. The molecule has 0 radical (unpaired) electrons. The fourth-order valence-corrected chi connectivity index (χ4v) is 2.61. The van der Waals surface area contributed by atoms with Gasteiger partial charge >= 0.3 is 0 Å². The van der Waals surface area contributed by atoms with Crippen molar-refractivity contribution in [2.24, 2.45) is 0 Å². The van der Waals surface area contributed by atoms with Gasteiger partial charge in [-0.3, -0.25) is 9.78 Å². The molecule has 3 aromatic rings. The maximum atomic E-state index is 10.7. The zero-order valence-electron chi connectivity index (χ0n) is 12.0. The first-order valence-electron chi connectivity index (χ1n) is 7.12. The van der Waals surface area contributed by atoms with Gasteiger partial charge in [0, 0.05) is 28.5 Å². The first kappa shape index (κ1) is 13.6. The van der Waals surface area contributed by atoms with Gasteiger partial charge < -0.3 is 9.84 Å². The Kier molecular flexibility index (Phi) is 3.13. The molecule has 0 fully saturated rings. The first-order valence-corrected chi connectivity index (χ1v) is 7.12. The second-order valence-electron chi connectivity index (χ2n) is 5.25. The van der Waals surface area contributed by atoms with Gasteiger partial charge in [0.25, 0.3) is 0 Å². The number of aldehydes is 1. The highest BCUT2D eigenvalue weighted by atomic mass is 16.5. The standard InChI is InChI=1S/C18H12N2O3/c21-10-11-1-3-12(4-2-11)15-6-5-14-17(22)13-7-8-19-9-16(13)23-18(14)20-15/h1-10,17,22H. The van der Waals surface area contributed by atoms with Gasteiger partial charge in [-0.05, 0) is 18.2 Å². The van der Waals surface area contributed by atoms with Crippen LogP contribution in [0.5, 0.6) is 11.6 Å². The van der Waals surface area contributed by atoms with Crippen molar-refractivity contribution >= 4 is 6.29 Å². The lowest BCUT2D eigenvalue weighted by atomic mass is 9.99. The summed E-state index contributed by atoms with van der Waals surface area (Å²) < 4.78 is 5.77. The van der Waals surface area contributed by atoms with Crippen LogP contribution in [0.3, 0.4) is 0 Å². The molecule has 4 rings (SSSR count). The molecule has 0 spiro atoms. The van der Waals surface area contributed by atoms with Crippen LogP contribution in [0.2, 0.25) is 0 Å². The van der Waals surface area contributed by atoms with Gasteiger partial charge in [-0.25, -0.2) is 4.98 Å². The molecule has 5 nitrogen and oxygen atoms in total. The summed E-state index contributed by atoms with van der Waals surface area (Å²) in [6, 6.07) is 12.5. The van der Waals surface area contributed by atoms with Gasteiger partial charge in [-0.2, -0.15) is 0 Å². The predicted molar refractivity (Wildman–Crippen MR) is 83.4 cm³/mol. The van der Waals surface area contributed by atoms with Crippen LogP contribution in [-0.4, -0.2) is 21.4 Å². The number of aromatic nitrogens is 2. The largest absolute Gasteiger partial charge is 0.437 e. The zero-order valence-corrected chi connectivity index (χ0v) is 12.0. The van der Waals surface area contributed by atoms with Crippen molar-refractivity contribution in [3.8, 4) is 22.9 Å². The smallest absolute Gasteiger partial charge is 0.226 e. The summed E-state index contributed by atoms with van der Waals surface area (Å²) >= 11 is 0. The van der Waals surface area contributed by atoms with Crippen molar-refractivity contribution in [1.29, 1.82) is 0 Å². The molecule has 2 aromatic heterocycles. The van der Waals surface area contributed by atoms with Gasteiger partial charge in [0.15, 0.2) is 5.75 Å². The Labute approximate surface area is 132 Å². The summed E-state index contributed by atoms with van der Waals surface area (Å²) in [4.78, 5) is 19.2. The molecular weight excluding hydrogens is 292 g/mol. The van der Waals surface area contributed by atoms with Crippen LogP contribution < -0.4 is 4.74 Å². The maximum absolute atomic E-state index is 10.7. The SMILES string of the molecule is O=Cc1ccc(-c2ccc3c(n2)Oc2cnccc2C3O)cc1. The molecule has 0 saturated carbocycles. The van der Waals surface area contributed by atoms with E-state index in [1.165, 1.54) is 0 Å². The number of nitrogens with zero attached hydrogens (tertiary/aromatic N) is 2. The predicted octanol–water partition coefficient (Wildman–Crippen LogP) is 3.14. The fraction of sp³-hybridized carbons (Fsp3) is 0.0556. The van der Waals surface area contributed by atoms with E-state index in [4.69, 9.17) is 4.74 Å². The molecule has 1 aliphatic rings. The van der Waals surface area contributed by atoms with Crippen LogP contribution in [0, 0.1) is 0 Å². The van der Waals surface area contributed by atoms with Crippen LogP contribution in [0.15, 0.2) is 54.9 Å². The van der Waals surface area contributed by atoms with E-state index in [1.54, 1.807) is 36.7 Å². The first-order chi connectivity index (χ1) is 11.3. The summed E-state index contributed by atoms with van der Waals surface area (Å²) in [6.45, 7) is 0. The van der Waals surface area contributed by atoms with Crippen LogP contribution in [0.25, 0.3) is 11.3 Å². The van der Waals surface area contributed by atoms with E-state index in [1.807, 2.05) is 18.2 Å². The third kappa shape index (κ3) is 2.27. The highest BCUT2D eigenvalue weighted by molar-refractivity contribution is 5.76. The average Bonchev–Trinajstić information content (AvgIpc) is 2.61. The number of rotatable bonds is 2. The summed E-state index contributed by atoms with van der Waals surface area (Å²) in [6.07, 6.45) is 3.20. The number of benzene rings is 1. The molecule has 1 aliphatic heterocycles. The van der Waals surface area contributed by atoms with E-state index in [9.17, 15) is 9.90 Å². The summed E-state index contributed by atoms with van der Waals surface area (Å²) in [5.41, 5.74) is 3.49. The van der Waals surface area contributed by atoms with Crippen molar-refractivity contribution in [2.75, 3.05) is 0 Å². The van der Waals surface area contributed by atoms with Crippen LogP contribution in [-0.2, 0) is 0 Å². The number of fused-ring (bicyclic) bond motifs is 2. The highest BCUT2D eigenvalue weighted by Crippen LogP contribution is 2.41. The van der Waals surface area contributed by atoms with Crippen molar-refractivity contribution in [2.45, 2.75) is 6.10 Å². The molecule has 112 valence electrons. The Bertz CT molecular complexity index is 891. The lowest BCUT2D eigenvalue weighted by molar-refractivity contribution is 0.112. The van der Waals surface area contributed by atoms with Crippen LogP contribution in [0.1, 0.15) is 27.6 Å². The summed E-state index contributed by atoms with van der Waals surface area (Å²) in [5.74, 6) is 0.878. The van der Waals surface area contributed by atoms with Crippen LogP contribution >= 0.6 is 0 Å². The third-order valence-electron chi connectivity index (χ3n) is 3.84. The molecule has 1 unspecified atom stereocenters. The van der Waals surface area contributed by atoms with E-state index in [0.29, 0.717) is 34.0 Å². The average molecular weight is 304 g/mol. The maximum Gasteiger partial charge on any atom is 0.226 e. The molecule has 23 heavy (non-hydrogen) atoms. The molecule has 1 atom stereocenters. The third-order valence-corrected chi connectivity index (χ3v) is 3.84. The normalized spacial score (nSPS) is 15.3. The molecule has 0 amide bonds. The van der Waals surface area contributed by atoms with E-state index >= 15 is 0 Å². The molecule has 1 aromatic carbocycles. The van der Waals surface area contributed by atoms with E-state index < -0.39 is 6.10 Å². The van der Waals surface area contributed by atoms with Crippen molar-refractivity contribution < 1.29 is 14.6 Å². The number of ether oxygens (including phenoxy) is 1. The molecule has 0 bridgehead atoms. The summed E-state index contributed by atoms with van der Waals surface area (Å²) in [7, 11) is 0. The zero-order chi connectivity index (χ0) is 15.8. The minimum Gasteiger partial charge on any atom is -0.437 e. The Morgan fingerprint density at radius 2 is 1.87 bits per heavy atom. The highest BCUT2D eigenvalue weighted by Gasteiger charge is 2.27. The minimum atomic E-state index is -0.782. The lowest BCUT2D eigenvalue weighted by Gasteiger charge is -2.23. The second-order valence-corrected chi connectivity index (χ2v) is 5.25. The van der Waals surface area contributed by atoms with E-state index in [0.717, 1.165) is 11.8 Å². The van der Waals surface area contributed by atoms with E-state index in [-0.39, 0.29) is 0 Å². The van der Waals surface area contributed by atoms with Crippen molar-refractivity contribution in [1.82, 2.24) is 9.97 Å². The van der Waals surface area contributed by atoms with Crippen LogP contribution in [0.4, 0.5) is 0 Å². The molecular formula is C18H12N2O3.